The number of methoxy groups -OCH3 is 1. The van der Waals surface area contributed by atoms with Gasteiger partial charge in [0.2, 0.25) is 0 Å². The van der Waals surface area contributed by atoms with Gasteiger partial charge in [-0.3, -0.25) is 4.79 Å². The van der Waals surface area contributed by atoms with Crippen LogP contribution in [-0.4, -0.2) is 62.8 Å². The highest BCUT2D eigenvalue weighted by atomic mass is 32.2. The van der Waals surface area contributed by atoms with E-state index in [0.29, 0.717) is 0 Å². The van der Waals surface area contributed by atoms with Crippen molar-refractivity contribution in [1.29, 1.82) is 0 Å². The number of carboxylic acid groups (broad SMARTS) is 1. The first-order valence-electron chi connectivity index (χ1n) is 5.04. The topological polar surface area (TPSA) is 122 Å². The number of ether oxygens (including phenoxy) is 2. The number of hydrogen-bond acceptors (Lipinski definition) is 6. The predicted octanol–water partition coefficient (Wildman–Crippen LogP) is -1.24. The quantitative estimate of drug-likeness (QED) is 0.661. The first-order chi connectivity index (χ1) is 8.36. The summed E-state index contributed by atoms with van der Waals surface area (Å²) >= 11 is 0. The van der Waals surface area contributed by atoms with Crippen LogP contribution in [0.2, 0.25) is 0 Å². The Hall–Kier alpha value is -1.39. The molecule has 1 heterocycles. The van der Waals surface area contributed by atoms with Gasteiger partial charge in [-0.05, 0) is 0 Å². The Morgan fingerprint density at radius 2 is 2.22 bits per heavy atom. The van der Waals surface area contributed by atoms with Crippen molar-refractivity contribution < 1.29 is 32.6 Å². The number of carbonyl (C=O) groups excluding carboxylic acids is 1. The summed E-state index contributed by atoms with van der Waals surface area (Å²) in [6.45, 7) is 0.0802. The molecule has 1 aliphatic heterocycles. The summed E-state index contributed by atoms with van der Waals surface area (Å²) in [5.74, 6) is -1.15. The Balaban J connectivity index is 2.82. The largest absolute Gasteiger partial charge is 0.481 e. The lowest BCUT2D eigenvalue weighted by Gasteiger charge is -2.33. The molecule has 1 aliphatic rings. The predicted molar refractivity (Wildman–Crippen MR) is 58.0 cm³/mol. The summed E-state index contributed by atoms with van der Waals surface area (Å²) in [6.07, 6.45) is -1.53. The number of carbonyl (C=O) groups is 2. The molecule has 9 nitrogen and oxygen atoms in total. The molecule has 104 valence electrons. The number of amides is 1. The maximum absolute atomic E-state index is 11.8. The van der Waals surface area contributed by atoms with Crippen LogP contribution in [0.15, 0.2) is 0 Å². The summed E-state index contributed by atoms with van der Waals surface area (Å²) in [7, 11) is -3.10. The standard InChI is InChI=1S/C8H14N2O7S/c1-16-8(13)9-18(14,15)10-2-3-17-5-6(10)4-7(11)12/h6H,2-5H2,1H3,(H,9,13)(H,11,12). The average molecular weight is 282 g/mol. The van der Waals surface area contributed by atoms with Crippen LogP contribution in [0.3, 0.4) is 0 Å². The second-order valence-electron chi connectivity index (χ2n) is 3.54. The molecule has 1 amide bonds. The number of hydrogen-bond donors (Lipinski definition) is 2. The Morgan fingerprint density at radius 3 is 2.78 bits per heavy atom. The number of nitrogens with zero attached hydrogens (tertiary/aromatic N) is 1. The molecule has 1 rings (SSSR count). The van der Waals surface area contributed by atoms with Crippen LogP contribution in [0, 0.1) is 0 Å². The van der Waals surface area contributed by atoms with Crippen molar-refractivity contribution in [2.75, 3.05) is 26.9 Å². The zero-order valence-electron chi connectivity index (χ0n) is 9.66. The molecule has 0 bridgehead atoms. The Labute approximate surface area is 104 Å². The Morgan fingerprint density at radius 1 is 1.56 bits per heavy atom. The molecule has 0 aromatic heterocycles. The molecule has 0 saturated carbocycles. The highest BCUT2D eigenvalue weighted by molar-refractivity contribution is 7.87. The molecule has 1 saturated heterocycles. The van der Waals surface area contributed by atoms with Crippen LogP contribution >= 0.6 is 0 Å². The molecule has 1 fully saturated rings. The SMILES string of the molecule is COC(=O)NS(=O)(=O)N1CCOCC1CC(=O)O. The van der Waals surface area contributed by atoms with Crippen LogP contribution in [0.4, 0.5) is 4.79 Å². The first-order valence-corrected chi connectivity index (χ1v) is 6.48. The molecule has 0 radical (unpaired) electrons. The molecule has 1 unspecified atom stereocenters. The normalized spacial score (nSPS) is 21.3. The van der Waals surface area contributed by atoms with Crippen molar-refractivity contribution in [3.8, 4) is 0 Å². The van der Waals surface area contributed by atoms with Crippen LogP contribution in [-0.2, 0) is 24.5 Å². The van der Waals surface area contributed by atoms with E-state index in [1.54, 1.807) is 4.72 Å². The van der Waals surface area contributed by atoms with Crippen LogP contribution in [0.25, 0.3) is 0 Å². The van der Waals surface area contributed by atoms with E-state index in [2.05, 4.69) is 4.74 Å². The molecule has 0 spiro atoms. The third-order valence-electron chi connectivity index (χ3n) is 2.29. The Kier molecular flexibility index (Phi) is 4.87. The van der Waals surface area contributed by atoms with E-state index in [1.807, 2.05) is 0 Å². The third kappa shape index (κ3) is 3.82. The van der Waals surface area contributed by atoms with Gasteiger partial charge in [-0.15, -0.1) is 0 Å². The molecule has 0 aromatic carbocycles. The van der Waals surface area contributed by atoms with Gasteiger partial charge < -0.3 is 14.6 Å². The van der Waals surface area contributed by atoms with E-state index in [0.717, 1.165) is 11.4 Å². The highest BCUT2D eigenvalue weighted by Crippen LogP contribution is 2.14. The zero-order valence-corrected chi connectivity index (χ0v) is 10.5. The molecule has 0 aromatic rings. The fraction of sp³-hybridized carbons (Fsp3) is 0.750. The number of aliphatic carboxylic acids is 1. The van der Waals surface area contributed by atoms with E-state index in [4.69, 9.17) is 9.84 Å². The lowest BCUT2D eigenvalue weighted by atomic mass is 10.2. The van der Waals surface area contributed by atoms with Gasteiger partial charge in [0, 0.05) is 6.54 Å². The second kappa shape index (κ2) is 5.98. The van der Waals surface area contributed by atoms with Crippen molar-refractivity contribution in [2.45, 2.75) is 12.5 Å². The number of carboxylic acids is 1. The molecule has 2 N–H and O–H groups in total. The Bertz CT molecular complexity index is 421. The number of nitrogens with one attached hydrogen (secondary N) is 1. The lowest BCUT2D eigenvalue weighted by Crippen LogP contribution is -2.54. The third-order valence-corrected chi connectivity index (χ3v) is 3.81. The summed E-state index contributed by atoms with van der Waals surface area (Å²) in [6, 6.07) is -0.849. The van der Waals surface area contributed by atoms with Gasteiger partial charge in [-0.2, -0.15) is 12.7 Å². The molecule has 1 atom stereocenters. The minimum atomic E-state index is -4.12. The molecular weight excluding hydrogens is 268 g/mol. The van der Waals surface area contributed by atoms with E-state index < -0.39 is 34.7 Å². The van der Waals surface area contributed by atoms with Crippen molar-refractivity contribution in [3.63, 3.8) is 0 Å². The van der Waals surface area contributed by atoms with Gasteiger partial charge in [0.15, 0.2) is 0 Å². The fourth-order valence-corrected chi connectivity index (χ4v) is 2.78. The van der Waals surface area contributed by atoms with Crippen molar-refractivity contribution >= 4 is 22.3 Å². The van der Waals surface area contributed by atoms with E-state index >= 15 is 0 Å². The van der Waals surface area contributed by atoms with E-state index in [1.165, 1.54) is 0 Å². The van der Waals surface area contributed by atoms with Gasteiger partial charge in [0.05, 0.1) is 32.8 Å². The number of rotatable bonds is 4. The summed E-state index contributed by atoms with van der Waals surface area (Å²) < 4.78 is 35.4. The number of morpholine rings is 1. The molecule has 10 heteroatoms. The zero-order chi connectivity index (χ0) is 13.8. The lowest BCUT2D eigenvalue weighted by molar-refractivity contribution is -0.139. The monoisotopic (exact) mass is 282 g/mol. The van der Waals surface area contributed by atoms with Crippen molar-refractivity contribution in [3.05, 3.63) is 0 Å². The first kappa shape index (κ1) is 14.7. The summed E-state index contributed by atoms with van der Waals surface area (Å²) in [5, 5.41) is 8.69. The van der Waals surface area contributed by atoms with Crippen LogP contribution in [0.1, 0.15) is 6.42 Å². The molecule has 0 aliphatic carbocycles. The average Bonchev–Trinajstić information content (AvgIpc) is 2.28. The van der Waals surface area contributed by atoms with Gasteiger partial charge in [-0.1, -0.05) is 0 Å². The molecular formula is C8H14N2O7S. The van der Waals surface area contributed by atoms with Gasteiger partial charge in [0.1, 0.15) is 0 Å². The van der Waals surface area contributed by atoms with E-state index in [-0.39, 0.29) is 19.8 Å². The molecule has 18 heavy (non-hydrogen) atoms. The fourth-order valence-electron chi connectivity index (χ4n) is 1.52. The van der Waals surface area contributed by atoms with E-state index in [9.17, 15) is 18.0 Å². The second-order valence-corrected chi connectivity index (χ2v) is 5.16. The summed E-state index contributed by atoms with van der Waals surface area (Å²) in [4.78, 5) is 21.5. The van der Waals surface area contributed by atoms with Crippen molar-refractivity contribution in [1.82, 2.24) is 9.03 Å². The smallest absolute Gasteiger partial charge is 0.421 e. The van der Waals surface area contributed by atoms with Gasteiger partial charge in [-0.25, -0.2) is 9.52 Å². The van der Waals surface area contributed by atoms with Crippen molar-refractivity contribution in [2.24, 2.45) is 0 Å². The van der Waals surface area contributed by atoms with Gasteiger partial charge in [0.25, 0.3) is 0 Å². The van der Waals surface area contributed by atoms with Gasteiger partial charge >= 0.3 is 22.3 Å². The minimum Gasteiger partial charge on any atom is -0.481 e. The van der Waals surface area contributed by atoms with Crippen LogP contribution in [0.5, 0.6) is 0 Å². The maximum atomic E-state index is 11.8. The highest BCUT2D eigenvalue weighted by Gasteiger charge is 2.35. The maximum Gasteiger partial charge on any atom is 0.421 e. The summed E-state index contributed by atoms with van der Waals surface area (Å²) in [5.41, 5.74) is 0. The minimum absolute atomic E-state index is 0.0235. The van der Waals surface area contributed by atoms with Crippen LogP contribution < -0.4 is 4.72 Å².